The van der Waals surface area contributed by atoms with E-state index in [1.54, 1.807) is 16.7 Å². The zero-order valence-corrected chi connectivity index (χ0v) is 16.0. The van der Waals surface area contributed by atoms with Crippen molar-refractivity contribution in [2.75, 3.05) is 0 Å². The van der Waals surface area contributed by atoms with Gasteiger partial charge in [0.25, 0.3) is 0 Å². The monoisotopic (exact) mass is 447 g/mol. The third-order valence-corrected chi connectivity index (χ3v) is 4.94. The molecule has 1 aromatic carbocycles. The Morgan fingerprint density at radius 1 is 1.08 bits per heavy atom. The Balaban J connectivity index is 2.14. The number of carboxylic acids is 1. The molecular formula is C20H18INO3. The molecular weight excluding hydrogens is 429 g/mol. The van der Waals surface area contributed by atoms with Crippen LogP contribution in [0.1, 0.15) is 51.7 Å². The Labute approximate surface area is 159 Å². The summed E-state index contributed by atoms with van der Waals surface area (Å²) in [5, 5.41) is 9.20. The zero-order chi connectivity index (χ0) is 18.0. The summed E-state index contributed by atoms with van der Waals surface area (Å²) in [6.45, 7) is 2.11. The number of nitrogens with zero attached hydrogens (tertiary/aromatic N) is 1. The van der Waals surface area contributed by atoms with Gasteiger partial charge in [-0.2, -0.15) is 0 Å². The van der Waals surface area contributed by atoms with E-state index >= 15 is 0 Å². The lowest BCUT2D eigenvalue weighted by atomic mass is 10.0. The Kier molecular flexibility index (Phi) is 5.22. The fourth-order valence-electron chi connectivity index (χ4n) is 2.92. The number of hydrogen-bond donors (Lipinski definition) is 1. The summed E-state index contributed by atoms with van der Waals surface area (Å²) >= 11 is 2.21. The number of ketones is 1. The summed E-state index contributed by atoms with van der Waals surface area (Å²) in [5.74, 6) is -1.00. The Morgan fingerprint density at radius 3 is 2.44 bits per heavy atom. The summed E-state index contributed by atoms with van der Waals surface area (Å²) in [4.78, 5) is 24.3. The molecule has 3 aromatic rings. The van der Waals surface area contributed by atoms with Gasteiger partial charge in [-0.05, 0) is 83.5 Å². The van der Waals surface area contributed by atoms with Crippen LogP contribution < -0.4 is 0 Å². The van der Waals surface area contributed by atoms with E-state index in [1.807, 2.05) is 30.3 Å². The first kappa shape index (κ1) is 17.7. The van der Waals surface area contributed by atoms with Crippen molar-refractivity contribution in [1.29, 1.82) is 0 Å². The highest BCUT2D eigenvalue weighted by atomic mass is 127. The molecule has 0 spiro atoms. The molecule has 0 aliphatic carbocycles. The molecule has 0 saturated carbocycles. The number of aromatic carboxylic acids is 1. The fraction of sp³-hybridized carbons (Fsp3) is 0.200. The largest absolute Gasteiger partial charge is 0.478 e. The lowest BCUT2D eigenvalue weighted by Gasteiger charge is -2.07. The normalized spacial score (nSPS) is 11.0. The first-order valence-corrected chi connectivity index (χ1v) is 9.26. The molecule has 0 radical (unpaired) electrons. The van der Waals surface area contributed by atoms with Gasteiger partial charge in [0, 0.05) is 20.8 Å². The Bertz CT molecular complexity index is 941. The predicted molar refractivity (Wildman–Crippen MR) is 106 cm³/mol. The maximum absolute atomic E-state index is 13.1. The minimum Gasteiger partial charge on any atom is -0.478 e. The second-order valence-corrected chi connectivity index (χ2v) is 7.22. The highest BCUT2D eigenvalue weighted by Crippen LogP contribution is 2.23. The molecule has 0 amide bonds. The van der Waals surface area contributed by atoms with Crippen LogP contribution in [0.25, 0.3) is 5.52 Å². The molecule has 2 aromatic heterocycles. The Hall–Kier alpha value is -2.15. The maximum atomic E-state index is 13.1. The van der Waals surface area contributed by atoms with E-state index in [0.29, 0.717) is 11.3 Å². The fourth-order valence-corrected chi connectivity index (χ4v) is 3.28. The third kappa shape index (κ3) is 3.61. The van der Waals surface area contributed by atoms with Crippen LogP contribution in [-0.4, -0.2) is 21.3 Å². The van der Waals surface area contributed by atoms with Crippen molar-refractivity contribution in [3.63, 3.8) is 0 Å². The summed E-state index contributed by atoms with van der Waals surface area (Å²) < 4.78 is 2.88. The second kappa shape index (κ2) is 7.39. The van der Waals surface area contributed by atoms with Gasteiger partial charge in [-0.15, -0.1) is 0 Å². The van der Waals surface area contributed by atoms with Crippen molar-refractivity contribution in [3.8, 4) is 0 Å². The molecule has 0 atom stereocenters. The van der Waals surface area contributed by atoms with Crippen LogP contribution in [0.5, 0.6) is 0 Å². The molecule has 1 N–H and O–H groups in total. The summed E-state index contributed by atoms with van der Waals surface area (Å²) in [7, 11) is 0. The summed E-state index contributed by atoms with van der Waals surface area (Å²) in [5.41, 5.74) is 3.19. The van der Waals surface area contributed by atoms with Gasteiger partial charge >= 0.3 is 5.97 Å². The minimum absolute atomic E-state index is 0.0365. The van der Waals surface area contributed by atoms with Crippen molar-refractivity contribution < 1.29 is 14.7 Å². The van der Waals surface area contributed by atoms with E-state index < -0.39 is 5.97 Å². The molecule has 0 saturated heterocycles. The van der Waals surface area contributed by atoms with E-state index in [2.05, 4.69) is 29.5 Å². The number of fused-ring (bicyclic) bond motifs is 1. The Morgan fingerprint density at radius 2 is 1.80 bits per heavy atom. The van der Waals surface area contributed by atoms with Crippen molar-refractivity contribution in [3.05, 3.63) is 74.6 Å². The SMILES string of the molecule is CCCCc1cc2cc(C(=O)O)ccn2c1C(=O)c1ccc(I)cc1. The minimum atomic E-state index is -0.968. The van der Waals surface area contributed by atoms with E-state index in [4.69, 9.17) is 0 Å². The van der Waals surface area contributed by atoms with Crippen molar-refractivity contribution in [2.24, 2.45) is 0 Å². The number of carboxylic acid groups (broad SMARTS) is 1. The highest BCUT2D eigenvalue weighted by molar-refractivity contribution is 14.1. The van der Waals surface area contributed by atoms with Gasteiger partial charge in [-0.3, -0.25) is 4.79 Å². The number of aromatic nitrogens is 1. The quantitative estimate of drug-likeness (QED) is 0.436. The molecule has 4 nitrogen and oxygen atoms in total. The van der Waals surface area contributed by atoms with Crippen LogP contribution in [0.15, 0.2) is 48.7 Å². The number of aryl methyl sites for hydroxylation is 1. The third-order valence-electron chi connectivity index (χ3n) is 4.22. The molecule has 0 aliphatic heterocycles. The number of rotatable bonds is 6. The number of pyridine rings is 1. The number of carbonyl (C=O) groups excluding carboxylic acids is 1. The highest BCUT2D eigenvalue weighted by Gasteiger charge is 2.19. The van der Waals surface area contributed by atoms with E-state index in [0.717, 1.165) is 33.9 Å². The number of carbonyl (C=O) groups is 2. The van der Waals surface area contributed by atoms with E-state index in [9.17, 15) is 14.7 Å². The van der Waals surface area contributed by atoms with Crippen LogP contribution in [0.2, 0.25) is 0 Å². The molecule has 0 unspecified atom stereocenters. The topological polar surface area (TPSA) is 58.8 Å². The van der Waals surface area contributed by atoms with Crippen LogP contribution in [-0.2, 0) is 6.42 Å². The van der Waals surface area contributed by atoms with Crippen molar-refractivity contribution >= 4 is 39.9 Å². The molecule has 0 bridgehead atoms. The molecule has 128 valence electrons. The van der Waals surface area contributed by atoms with Gasteiger partial charge in [-0.1, -0.05) is 13.3 Å². The second-order valence-electron chi connectivity index (χ2n) is 5.97. The lowest BCUT2D eigenvalue weighted by Crippen LogP contribution is -2.09. The van der Waals surface area contributed by atoms with Crippen LogP contribution in [0, 0.1) is 3.57 Å². The van der Waals surface area contributed by atoms with E-state index in [1.165, 1.54) is 6.07 Å². The maximum Gasteiger partial charge on any atom is 0.335 e. The van der Waals surface area contributed by atoms with Gasteiger partial charge < -0.3 is 9.51 Å². The molecule has 0 aliphatic rings. The molecule has 0 fully saturated rings. The van der Waals surface area contributed by atoms with Crippen LogP contribution in [0.4, 0.5) is 0 Å². The van der Waals surface area contributed by atoms with Gasteiger partial charge in [-0.25, -0.2) is 4.79 Å². The standard InChI is InChI=1S/C20H18INO3/c1-2-3-4-14-11-17-12-15(20(24)25)9-10-22(17)18(14)19(23)13-5-7-16(21)8-6-13/h5-12H,2-4H2,1H3,(H,24,25). The lowest BCUT2D eigenvalue weighted by molar-refractivity contribution is 0.0696. The van der Waals surface area contributed by atoms with E-state index in [-0.39, 0.29) is 11.3 Å². The predicted octanol–water partition coefficient (Wildman–Crippen LogP) is 4.82. The number of unbranched alkanes of at least 4 members (excludes halogenated alkanes) is 1. The molecule has 25 heavy (non-hydrogen) atoms. The van der Waals surface area contributed by atoms with Crippen molar-refractivity contribution in [2.45, 2.75) is 26.2 Å². The van der Waals surface area contributed by atoms with Gasteiger partial charge in [0.15, 0.2) is 0 Å². The zero-order valence-electron chi connectivity index (χ0n) is 13.8. The average Bonchev–Trinajstić information content (AvgIpc) is 2.97. The van der Waals surface area contributed by atoms with Gasteiger partial charge in [0.2, 0.25) is 5.78 Å². The smallest absolute Gasteiger partial charge is 0.335 e. The van der Waals surface area contributed by atoms with Crippen LogP contribution in [0.3, 0.4) is 0 Å². The number of hydrogen-bond acceptors (Lipinski definition) is 2. The van der Waals surface area contributed by atoms with Gasteiger partial charge in [0.05, 0.1) is 11.3 Å². The molecule has 5 heteroatoms. The summed E-state index contributed by atoms with van der Waals surface area (Å²) in [6.07, 6.45) is 4.49. The first-order chi connectivity index (χ1) is 12.0. The average molecular weight is 447 g/mol. The number of halogens is 1. The summed E-state index contributed by atoms with van der Waals surface area (Å²) in [6, 6.07) is 12.6. The molecule has 3 rings (SSSR count). The first-order valence-electron chi connectivity index (χ1n) is 8.18. The number of benzene rings is 1. The van der Waals surface area contributed by atoms with Crippen LogP contribution >= 0.6 is 22.6 Å². The molecule has 2 heterocycles. The van der Waals surface area contributed by atoms with Gasteiger partial charge in [0.1, 0.15) is 0 Å². The van der Waals surface area contributed by atoms with Crippen molar-refractivity contribution in [1.82, 2.24) is 4.40 Å².